The van der Waals surface area contributed by atoms with Crippen LogP contribution in [-0.4, -0.2) is 30.1 Å². The van der Waals surface area contributed by atoms with Crippen molar-refractivity contribution < 1.29 is 14.0 Å². The number of nitrogens with two attached hydrogens (primary N) is 1. The molecule has 1 aromatic rings. The molecule has 1 unspecified atom stereocenters. The Labute approximate surface area is 134 Å². The van der Waals surface area contributed by atoms with Gasteiger partial charge in [-0.2, -0.15) is 5.10 Å². The number of anilines is 1. The summed E-state index contributed by atoms with van der Waals surface area (Å²) in [6, 6.07) is 4.79. The van der Waals surface area contributed by atoms with Crippen LogP contribution in [0.25, 0.3) is 0 Å². The predicted octanol–water partition coefficient (Wildman–Crippen LogP) is 1.55. The normalized spacial score (nSPS) is 17.0. The largest absolute Gasteiger partial charge is 0.368 e. The van der Waals surface area contributed by atoms with E-state index >= 15 is 0 Å². The molecule has 6 nitrogen and oxygen atoms in total. The molecular weight excluding hydrogens is 299 g/mol. The average molecular weight is 320 g/mol. The van der Waals surface area contributed by atoms with Gasteiger partial charge in [0.2, 0.25) is 5.91 Å². The first-order chi connectivity index (χ1) is 11.0. The first-order valence-corrected chi connectivity index (χ1v) is 7.72. The minimum absolute atomic E-state index is 0.145. The molecule has 0 aromatic heterocycles. The molecule has 1 aliphatic heterocycles. The van der Waals surface area contributed by atoms with Crippen molar-refractivity contribution >= 4 is 23.2 Å². The van der Waals surface area contributed by atoms with E-state index in [9.17, 15) is 14.0 Å². The number of unbranched alkanes of at least 4 members (excludes halogenated alkanes) is 2. The number of carbonyl (C=O) groups excluding carboxylic acids is 2. The minimum Gasteiger partial charge on any atom is -0.368 e. The summed E-state index contributed by atoms with van der Waals surface area (Å²) in [5.41, 5.74) is 6.17. The molecule has 0 saturated carbocycles. The van der Waals surface area contributed by atoms with Gasteiger partial charge in [0, 0.05) is 13.0 Å². The molecule has 1 aliphatic rings. The van der Waals surface area contributed by atoms with Crippen molar-refractivity contribution in [1.82, 2.24) is 5.32 Å². The van der Waals surface area contributed by atoms with Crippen molar-refractivity contribution in [2.45, 2.75) is 38.6 Å². The second kappa shape index (κ2) is 7.71. The molecule has 23 heavy (non-hydrogen) atoms. The molecule has 0 saturated heterocycles. The summed E-state index contributed by atoms with van der Waals surface area (Å²) in [6.45, 7) is 2.66. The molecule has 124 valence electrons. The van der Waals surface area contributed by atoms with Crippen LogP contribution >= 0.6 is 0 Å². The van der Waals surface area contributed by atoms with Gasteiger partial charge in [-0.05, 0) is 30.7 Å². The van der Waals surface area contributed by atoms with Crippen LogP contribution in [0, 0.1) is 5.82 Å². The zero-order valence-electron chi connectivity index (χ0n) is 13.1. The molecule has 2 amide bonds. The van der Waals surface area contributed by atoms with E-state index in [0.29, 0.717) is 12.2 Å². The maximum atomic E-state index is 13.0. The molecular formula is C16H21FN4O2. The van der Waals surface area contributed by atoms with E-state index in [2.05, 4.69) is 17.3 Å². The highest BCUT2D eigenvalue weighted by Crippen LogP contribution is 2.24. The molecule has 7 heteroatoms. The van der Waals surface area contributed by atoms with E-state index in [0.717, 1.165) is 19.3 Å². The van der Waals surface area contributed by atoms with Gasteiger partial charge in [0.25, 0.3) is 5.91 Å². The third kappa shape index (κ3) is 4.28. The number of halogens is 1. The number of carbonyl (C=O) groups is 2. The molecule has 0 radical (unpaired) electrons. The van der Waals surface area contributed by atoms with Gasteiger partial charge in [0.05, 0.1) is 5.69 Å². The smallest absolute Gasteiger partial charge is 0.267 e. The maximum Gasteiger partial charge on any atom is 0.267 e. The summed E-state index contributed by atoms with van der Waals surface area (Å²) in [5, 5.41) is 8.37. The highest BCUT2D eigenvalue weighted by Gasteiger charge is 2.34. The van der Waals surface area contributed by atoms with Crippen LogP contribution < -0.4 is 16.1 Å². The molecule has 0 aliphatic carbocycles. The first-order valence-electron chi connectivity index (χ1n) is 7.72. The number of hydrogen-bond acceptors (Lipinski definition) is 4. The minimum atomic E-state index is -0.739. The monoisotopic (exact) mass is 320 g/mol. The molecule has 2 rings (SSSR count). The number of rotatable bonds is 7. The van der Waals surface area contributed by atoms with Crippen molar-refractivity contribution in [1.29, 1.82) is 0 Å². The average Bonchev–Trinajstić information content (AvgIpc) is 2.98. The molecule has 0 bridgehead atoms. The molecule has 1 atom stereocenters. The molecule has 0 fully saturated rings. The van der Waals surface area contributed by atoms with E-state index in [1.807, 2.05) is 0 Å². The second-order valence-corrected chi connectivity index (χ2v) is 5.45. The summed E-state index contributed by atoms with van der Waals surface area (Å²) < 4.78 is 13.0. The van der Waals surface area contributed by atoms with Gasteiger partial charge in [0.1, 0.15) is 17.6 Å². The lowest BCUT2D eigenvalue weighted by molar-refractivity contribution is -0.119. The fourth-order valence-electron chi connectivity index (χ4n) is 2.38. The Balaban J connectivity index is 2.09. The topological polar surface area (TPSA) is 87.8 Å². The molecule has 1 aromatic carbocycles. The molecule has 0 spiro atoms. The first kappa shape index (κ1) is 16.9. The quantitative estimate of drug-likeness (QED) is 0.747. The Morgan fingerprint density at radius 1 is 1.35 bits per heavy atom. The van der Waals surface area contributed by atoms with E-state index in [4.69, 9.17) is 5.73 Å². The van der Waals surface area contributed by atoms with Crippen LogP contribution in [-0.2, 0) is 9.59 Å². The van der Waals surface area contributed by atoms with Crippen LogP contribution in [0.15, 0.2) is 29.4 Å². The highest BCUT2D eigenvalue weighted by atomic mass is 19.1. The third-order valence-corrected chi connectivity index (χ3v) is 3.66. The highest BCUT2D eigenvalue weighted by molar-refractivity contribution is 6.40. The third-order valence-electron chi connectivity index (χ3n) is 3.66. The summed E-state index contributed by atoms with van der Waals surface area (Å²) in [6.07, 6.45) is 3.15. The van der Waals surface area contributed by atoms with Crippen molar-refractivity contribution in [3.63, 3.8) is 0 Å². The predicted molar refractivity (Wildman–Crippen MR) is 86.4 cm³/mol. The van der Waals surface area contributed by atoms with E-state index < -0.39 is 11.9 Å². The van der Waals surface area contributed by atoms with Crippen molar-refractivity contribution in [3.8, 4) is 0 Å². The van der Waals surface area contributed by atoms with Crippen molar-refractivity contribution in [2.75, 3.05) is 11.6 Å². The van der Waals surface area contributed by atoms with Crippen molar-refractivity contribution in [3.05, 3.63) is 30.1 Å². The number of benzene rings is 1. The Bertz CT molecular complexity index is 601. The summed E-state index contributed by atoms with van der Waals surface area (Å²) >= 11 is 0. The summed E-state index contributed by atoms with van der Waals surface area (Å²) in [7, 11) is 0. The number of primary amides is 1. The fraction of sp³-hybridized carbons (Fsp3) is 0.438. The fourth-order valence-corrected chi connectivity index (χ4v) is 2.38. The van der Waals surface area contributed by atoms with E-state index in [1.165, 1.54) is 29.3 Å². The number of nitrogens with zero attached hydrogens (tertiary/aromatic N) is 2. The van der Waals surface area contributed by atoms with E-state index in [1.54, 1.807) is 0 Å². The van der Waals surface area contributed by atoms with Crippen LogP contribution in [0.5, 0.6) is 0 Å². The van der Waals surface area contributed by atoms with Gasteiger partial charge in [0.15, 0.2) is 0 Å². The van der Waals surface area contributed by atoms with Gasteiger partial charge in [-0.3, -0.25) is 14.6 Å². The Hall–Kier alpha value is -2.44. The number of amides is 2. The van der Waals surface area contributed by atoms with Crippen LogP contribution in [0.4, 0.5) is 10.1 Å². The van der Waals surface area contributed by atoms with Crippen LogP contribution in [0.2, 0.25) is 0 Å². The zero-order valence-corrected chi connectivity index (χ0v) is 13.1. The summed E-state index contributed by atoms with van der Waals surface area (Å²) in [4.78, 5) is 23.7. The Morgan fingerprint density at radius 2 is 2.04 bits per heavy atom. The molecule has 1 heterocycles. The second-order valence-electron chi connectivity index (χ2n) is 5.45. The standard InChI is InChI=1S/C16H21FN4O2/c1-2-3-4-9-19-16(23)13-10-14(15(18)22)21(20-13)12-7-5-11(17)6-8-12/h5-8,14H,2-4,9-10H2,1H3,(H2,18,22)(H,19,23). The van der Waals surface area contributed by atoms with Gasteiger partial charge in [-0.1, -0.05) is 19.8 Å². The van der Waals surface area contributed by atoms with Gasteiger partial charge in [-0.25, -0.2) is 4.39 Å². The SMILES string of the molecule is CCCCCNC(=O)C1=NN(c2ccc(F)cc2)C(C(N)=O)C1. The van der Waals surface area contributed by atoms with Gasteiger partial charge >= 0.3 is 0 Å². The van der Waals surface area contributed by atoms with Gasteiger partial charge in [-0.15, -0.1) is 0 Å². The van der Waals surface area contributed by atoms with Crippen LogP contribution in [0.1, 0.15) is 32.6 Å². The Kier molecular flexibility index (Phi) is 5.67. The lowest BCUT2D eigenvalue weighted by atomic mass is 10.1. The summed E-state index contributed by atoms with van der Waals surface area (Å²) in [5.74, 6) is -1.26. The van der Waals surface area contributed by atoms with Crippen molar-refractivity contribution in [2.24, 2.45) is 10.8 Å². The van der Waals surface area contributed by atoms with Gasteiger partial charge < -0.3 is 11.1 Å². The van der Waals surface area contributed by atoms with Crippen LogP contribution in [0.3, 0.4) is 0 Å². The Morgan fingerprint density at radius 3 is 2.65 bits per heavy atom. The zero-order chi connectivity index (χ0) is 16.8. The lowest BCUT2D eigenvalue weighted by Gasteiger charge is -2.20. The number of nitrogens with one attached hydrogen (secondary N) is 1. The molecule has 3 N–H and O–H groups in total. The maximum absolute atomic E-state index is 13.0. The van der Waals surface area contributed by atoms with E-state index in [-0.39, 0.29) is 23.9 Å². The number of hydrogen-bond donors (Lipinski definition) is 2. The number of hydrazone groups is 1. The lowest BCUT2D eigenvalue weighted by Crippen LogP contribution is -2.40.